The van der Waals surface area contributed by atoms with E-state index in [1.807, 2.05) is 31.2 Å². The van der Waals surface area contributed by atoms with E-state index < -0.39 is 0 Å². The Kier molecular flexibility index (Phi) is 2.12. The van der Waals surface area contributed by atoms with Gasteiger partial charge in [0.25, 0.3) is 5.91 Å². The Morgan fingerprint density at radius 2 is 1.93 bits per heavy atom. The van der Waals surface area contributed by atoms with Gasteiger partial charge in [-0.2, -0.15) is 0 Å². The zero-order chi connectivity index (χ0) is 10.1. The largest absolute Gasteiger partial charge is 0.308 e. The number of hydrogen-bond acceptors (Lipinski definition) is 1. The molecule has 1 aromatic carbocycles. The van der Waals surface area contributed by atoms with Crippen LogP contribution in [0.4, 0.5) is 5.69 Å². The third kappa shape index (κ3) is 1.43. The Morgan fingerprint density at radius 3 is 2.43 bits per heavy atom. The van der Waals surface area contributed by atoms with Crippen LogP contribution in [0.15, 0.2) is 36.4 Å². The molecule has 0 spiro atoms. The molecule has 0 aliphatic carbocycles. The highest BCUT2D eigenvalue weighted by molar-refractivity contribution is 6.07. The van der Waals surface area contributed by atoms with E-state index in [-0.39, 0.29) is 5.91 Å². The summed E-state index contributed by atoms with van der Waals surface area (Å²) >= 11 is 0. The predicted octanol–water partition coefficient (Wildman–Crippen LogP) is 2.29. The summed E-state index contributed by atoms with van der Waals surface area (Å²) in [6, 6.07) is 7.99. The van der Waals surface area contributed by atoms with Crippen molar-refractivity contribution in [3.63, 3.8) is 0 Å². The molecule has 0 atom stereocenters. The average molecular weight is 187 g/mol. The Balaban J connectivity index is 2.28. The molecule has 2 nitrogen and oxygen atoms in total. The molecule has 0 aromatic heterocycles. The lowest BCUT2D eigenvalue weighted by atomic mass is 10.2. The molecule has 0 radical (unpaired) electrons. The molecule has 1 fully saturated rings. The van der Waals surface area contributed by atoms with Gasteiger partial charge in [0.1, 0.15) is 0 Å². The first kappa shape index (κ1) is 9.00. The fourth-order valence-corrected chi connectivity index (χ4v) is 1.62. The second-order valence-electron chi connectivity index (χ2n) is 3.65. The summed E-state index contributed by atoms with van der Waals surface area (Å²) < 4.78 is 0. The van der Waals surface area contributed by atoms with E-state index in [1.165, 1.54) is 5.56 Å². The number of anilines is 1. The van der Waals surface area contributed by atoms with E-state index in [4.69, 9.17) is 0 Å². The molecular formula is C12H13NO. The number of rotatable bonds is 1. The van der Waals surface area contributed by atoms with Crippen molar-refractivity contribution >= 4 is 11.6 Å². The van der Waals surface area contributed by atoms with E-state index in [1.54, 1.807) is 4.90 Å². The molecule has 0 N–H and O–H groups in total. The van der Waals surface area contributed by atoms with Gasteiger partial charge in [0, 0.05) is 17.8 Å². The minimum absolute atomic E-state index is 0.0638. The normalized spacial score (nSPS) is 16.5. The Morgan fingerprint density at radius 1 is 1.29 bits per heavy atom. The molecule has 1 amide bonds. The van der Waals surface area contributed by atoms with Crippen molar-refractivity contribution in [1.82, 2.24) is 0 Å². The molecule has 0 unspecified atom stereocenters. The highest BCUT2D eigenvalue weighted by atomic mass is 16.2. The molecule has 1 heterocycles. The van der Waals surface area contributed by atoms with Crippen LogP contribution in [0.5, 0.6) is 0 Å². The lowest BCUT2D eigenvalue weighted by Gasteiger charge is -2.15. The van der Waals surface area contributed by atoms with Gasteiger partial charge in [-0.15, -0.1) is 0 Å². The second kappa shape index (κ2) is 3.29. The van der Waals surface area contributed by atoms with E-state index in [0.717, 1.165) is 18.7 Å². The first-order valence-electron chi connectivity index (χ1n) is 4.75. The first-order valence-corrected chi connectivity index (χ1v) is 4.75. The summed E-state index contributed by atoms with van der Waals surface area (Å²) in [4.78, 5) is 13.4. The molecule has 1 aliphatic rings. The van der Waals surface area contributed by atoms with Crippen LogP contribution >= 0.6 is 0 Å². The van der Waals surface area contributed by atoms with E-state index in [9.17, 15) is 4.79 Å². The average Bonchev–Trinajstić information content (AvgIpc) is 2.50. The lowest BCUT2D eigenvalue weighted by molar-refractivity contribution is -0.114. The molecule has 1 aliphatic heterocycles. The standard InChI is InChI=1S/C12H13NO/c1-9-3-5-11(6-4-9)13-8-7-10(2)12(13)14/h3-6H,2,7-8H2,1H3. The third-order valence-corrected chi connectivity index (χ3v) is 2.53. The topological polar surface area (TPSA) is 20.3 Å². The van der Waals surface area contributed by atoms with Crippen molar-refractivity contribution in [2.45, 2.75) is 13.3 Å². The maximum Gasteiger partial charge on any atom is 0.253 e. The maximum absolute atomic E-state index is 11.6. The Hall–Kier alpha value is -1.57. The van der Waals surface area contributed by atoms with Crippen molar-refractivity contribution in [2.24, 2.45) is 0 Å². The zero-order valence-corrected chi connectivity index (χ0v) is 8.29. The van der Waals surface area contributed by atoms with Crippen LogP contribution in [-0.4, -0.2) is 12.5 Å². The molecule has 2 heteroatoms. The number of hydrogen-bond donors (Lipinski definition) is 0. The summed E-state index contributed by atoms with van der Waals surface area (Å²) in [7, 11) is 0. The van der Waals surface area contributed by atoms with E-state index in [0.29, 0.717) is 5.57 Å². The minimum atomic E-state index is 0.0638. The van der Waals surface area contributed by atoms with Crippen LogP contribution in [0.3, 0.4) is 0 Å². The molecular weight excluding hydrogens is 174 g/mol. The Labute approximate surface area is 83.8 Å². The summed E-state index contributed by atoms with van der Waals surface area (Å²) in [6.07, 6.45) is 0.784. The highest BCUT2D eigenvalue weighted by Gasteiger charge is 2.24. The fraction of sp³-hybridized carbons (Fsp3) is 0.250. The summed E-state index contributed by atoms with van der Waals surface area (Å²) in [5.74, 6) is 0.0638. The number of amides is 1. The third-order valence-electron chi connectivity index (χ3n) is 2.53. The van der Waals surface area contributed by atoms with Crippen LogP contribution < -0.4 is 4.90 Å². The van der Waals surface area contributed by atoms with Crippen molar-refractivity contribution in [3.05, 3.63) is 42.0 Å². The molecule has 1 saturated heterocycles. The van der Waals surface area contributed by atoms with Crippen molar-refractivity contribution in [1.29, 1.82) is 0 Å². The van der Waals surface area contributed by atoms with Crippen LogP contribution in [-0.2, 0) is 4.79 Å². The van der Waals surface area contributed by atoms with E-state index >= 15 is 0 Å². The van der Waals surface area contributed by atoms with Crippen LogP contribution in [0.2, 0.25) is 0 Å². The second-order valence-corrected chi connectivity index (χ2v) is 3.65. The predicted molar refractivity (Wildman–Crippen MR) is 57.3 cm³/mol. The molecule has 0 bridgehead atoms. The van der Waals surface area contributed by atoms with Crippen LogP contribution in [0, 0.1) is 6.92 Å². The maximum atomic E-state index is 11.6. The van der Waals surface area contributed by atoms with Gasteiger partial charge in [-0.05, 0) is 25.5 Å². The fourth-order valence-electron chi connectivity index (χ4n) is 1.62. The van der Waals surface area contributed by atoms with Crippen molar-refractivity contribution < 1.29 is 4.79 Å². The van der Waals surface area contributed by atoms with Gasteiger partial charge >= 0.3 is 0 Å². The van der Waals surface area contributed by atoms with Gasteiger partial charge in [0.05, 0.1) is 0 Å². The molecule has 14 heavy (non-hydrogen) atoms. The number of aryl methyl sites for hydroxylation is 1. The van der Waals surface area contributed by atoms with Gasteiger partial charge in [-0.3, -0.25) is 4.79 Å². The van der Waals surface area contributed by atoms with Gasteiger partial charge in [-0.1, -0.05) is 24.3 Å². The molecule has 0 saturated carbocycles. The quantitative estimate of drug-likeness (QED) is 0.618. The molecule has 2 rings (SSSR count). The monoisotopic (exact) mass is 187 g/mol. The lowest BCUT2D eigenvalue weighted by Crippen LogP contribution is -2.24. The molecule has 72 valence electrons. The van der Waals surface area contributed by atoms with Crippen molar-refractivity contribution in [2.75, 3.05) is 11.4 Å². The van der Waals surface area contributed by atoms with Crippen LogP contribution in [0.25, 0.3) is 0 Å². The highest BCUT2D eigenvalue weighted by Crippen LogP contribution is 2.23. The summed E-state index contributed by atoms with van der Waals surface area (Å²) in [5, 5.41) is 0. The smallest absolute Gasteiger partial charge is 0.253 e. The molecule has 1 aromatic rings. The van der Waals surface area contributed by atoms with E-state index in [2.05, 4.69) is 6.58 Å². The van der Waals surface area contributed by atoms with Gasteiger partial charge in [0.2, 0.25) is 0 Å². The number of benzene rings is 1. The van der Waals surface area contributed by atoms with Gasteiger partial charge < -0.3 is 4.90 Å². The van der Waals surface area contributed by atoms with Crippen molar-refractivity contribution in [3.8, 4) is 0 Å². The number of carbonyl (C=O) groups excluding carboxylic acids is 1. The van der Waals surface area contributed by atoms with Gasteiger partial charge in [0.15, 0.2) is 0 Å². The summed E-state index contributed by atoms with van der Waals surface area (Å²) in [6.45, 7) is 6.54. The minimum Gasteiger partial charge on any atom is -0.308 e. The number of nitrogens with zero attached hydrogens (tertiary/aromatic N) is 1. The number of carbonyl (C=O) groups is 1. The van der Waals surface area contributed by atoms with Gasteiger partial charge in [-0.25, -0.2) is 0 Å². The van der Waals surface area contributed by atoms with Crippen LogP contribution in [0.1, 0.15) is 12.0 Å². The SMILES string of the molecule is C=C1CCN(c2ccc(C)cc2)C1=O. The summed E-state index contributed by atoms with van der Waals surface area (Å²) in [5.41, 5.74) is 2.89. The Bertz CT molecular complexity index is 378. The zero-order valence-electron chi connectivity index (χ0n) is 8.29. The first-order chi connectivity index (χ1) is 6.68.